The second-order valence-corrected chi connectivity index (χ2v) is 11.0. The van der Waals surface area contributed by atoms with Crippen molar-refractivity contribution < 1.29 is 27.1 Å². The number of anilines is 2. The maximum absolute atomic E-state index is 13.7. The molecule has 0 bridgehead atoms. The van der Waals surface area contributed by atoms with Crippen LogP contribution in [-0.4, -0.2) is 34.1 Å². The second kappa shape index (κ2) is 9.11. The molecule has 38 heavy (non-hydrogen) atoms. The van der Waals surface area contributed by atoms with Gasteiger partial charge in [0.15, 0.2) is 6.10 Å². The number of hydrogen-bond donors (Lipinski definition) is 1. The Kier molecular flexibility index (Phi) is 5.72. The predicted octanol–water partition coefficient (Wildman–Crippen LogP) is 5.50. The molecule has 1 aromatic heterocycles. The lowest BCUT2D eigenvalue weighted by molar-refractivity contribution is -0.122. The van der Waals surface area contributed by atoms with Crippen molar-refractivity contribution in [2.24, 2.45) is 0 Å². The fourth-order valence-corrected chi connectivity index (χ4v) is 6.10. The Bertz CT molecular complexity index is 1790. The summed E-state index contributed by atoms with van der Waals surface area (Å²) in [6.45, 7) is 1.68. The maximum atomic E-state index is 13.7. The van der Waals surface area contributed by atoms with E-state index in [-0.39, 0.29) is 11.4 Å². The van der Waals surface area contributed by atoms with Gasteiger partial charge < -0.3 is 19.2 Å². The number of methoxy groups -OCH3 is 1. The van der Waals surface area contributed by atoms with Gasteiger partial charge in [-0.2, -0.15) is 0 Å². The summed E-state index contributed by atoms with van der Waals surface area (Å²) in [6.07, 6.45) is -1.08. The highest BCUT2D eigenvalue weighted by molar-refractivity contribution is 7.92. The van der Waals surface area contributed by atoms with Gasteiger partial charge in [-0.25, -0.2) is 8.42 Å². The van der Waals surface area contributed by atoms with E-state index in [0.29, 0.717) is 28.5 Å². The molecular formula is C29H24N2O6S. The fraction of sp³-hybridized carbons (Fsp3) is 0.138. The normalized spacial score (nSPS) is 15.2. The summed E-state index contributed by atoms with van der Waals surface area (Å²) >= 11 is 0. The third-order valence-electron chi connectivity index (χ3n) is 6.57. The summed E-state index contributed by atoms with van der Waals surface area (Å²) in [5.41, 5.74) is 3.16. The summed E-state index contributed by atoms with van der Waals surface area (Å²) in [4.78, 5) is 13.4. The van der Waals surface area contributed by atoms with Crippen LogP contribution in [0.4, 0.5) is 11.4 Å². The molecule has 1 aliphatic heterocycles. The van der Waals surface area contributed by atoms with Gasteiger partial charge in [0.2, 0.25) is 0 Å². The number of sulfonamides is 1. The molecule has 1 aliphatic rings. The highest BCUT2D eigenvalue weighted by atomic mass is 32.2. The molecule has 0 radical (unpaired) electrons. The van der Waals surface area contributed by atoms with Crippen LogP contribution in [0.2, 0.25) is 0 Å². The number of fused-ring (bicyclic) bond motifs is 4. The van der Waals surface area contributed by atoms with Gasteiger partial charge in [-0.3, -0.25) is 9.10 Å². The van der Waals surface area contributed by atoms with E-state index in [1.807, 2.05) is 43.3 Å². The van der Waals surface area contributed by atoms with Crippen LogP contribution in [0.3, 0.4) is 0 Å². The minimum atomic E-state index is -3.99. The van der Waals surface area contributed by atoms with E-state index >= 15 is 0 Å². The van der Waals surface area contributed by atoms with Crippen LogP contribution in [0.15, 0.2) is 94.2 Å². The molecule has 0 aliphatic carbocycles. The van der Waals surface area contributed by atoms with Crippen LogP contribution in [0, 0.1) is 6.92 Å². The quantitative estimate of drug-likeness (QED) is 0.324. The lowest BCUT2D eigenvalue weighted by Crippen LogP contribution is -2.48. The Morgan fingerprint density at radius 1 is 0.947 bits per heavy atom. The van der Waals surface area contributed by atoms with Crippen LogP contribution < -0.4 is 19.1 Å². The van der Waals surface area contributed by atoms with E-state index in [9.17, 15) is 13.2 Å². The van der Waals surface area contributed by atoms with E-state index in [1.165, 1.54) is 23.5 Å². The standard InChI is InChI=1S/C29H24N2O6S/c1-18-7-14-24-27(15-18)37-28(17-31(24)38(33,34)21-11-9-20(35-2)10-12-21)29(32)30-19-8-13-23-22-5-3-4-6-25(22)36-26(23)16-19/h3-16,28H,17H2,1-2H3,(H,30,32). The Morgan fingerprint density at radius 2 is 1.71 bits per heavy atom. The van der Waals surface area contributed by atoms with E-state index in [0.717, 1.165) is 21.9 Å². The number of furan rings is 1. The van der Waals surface area contributed by atoms with E-state index in [2.05, 4.69) is 5.32 Å². The average Bonchev–Trinajstić information content (AvgIpc) is 3.30. The molecule has 192 valence electrons. The molecule has 4 aromatic carbocycles. The fourth-order valence-electron chi connectivity index (χ4n) is 4.63. The Labute approximate surface area is 219 Å². The number of amides is 1. The minimum Gasteiger partial charge on any atom is -0.497 e. The summed E-state index contributed by atoms with van der Waals surface area (Å²) in [5, 5.41) is 4.79. The zero-order valence-electron chi connectivity index (χ0n) is 20.7. The van der Waals surface area contributed by atoms with Crippen molar-refractivity contribution >= 4 is 49.2 Å². The molecule has 5 aromatic rings. The third-order valence-corrected chi connectivity index (χ3v) is 8.36. The van der Waals surface area contributed by atoms with Crippen LogP contribution in [0.25, 0.3) is 21.9 Å². The maximum Gasteiger partial charge on any atom is 0.267 e. The number of para-hydroxylation sites is 1. The van der Waals surface area contributed by atoms with Crippen LogP contribution in [-0.2, 0) is 14.8 Å². The number of carbonyl (C=O) groups is 1. The van der Waals surface area contributed by atoms with Crippen LogP contribution in [0.1, 0.15) is 5.56 Å². The molecule has 1 N–H and O–H groups in total. The summed E-state index contributed by atoms with van der Waals surface area (Å²) in [7, 11) is -2.48. The van der Waals surface area contributed by atoms with Crippen molar-refractivity contribution in [3.63, 3.8) is 0 Å². The Balaban J connectivity index is 1.31. The highest BCUT2D eigenvalue weighted by Gasteiger charge is 2.37. The lowest BCUT2D eigenvalue weighted by Gasteiger charge is -2.35. The largest absolute Gasteiger partial charge is 0.497 e. The first-order chi connectivity index (χ1) is 18.3. The minimum absolute atomic E-state index is 0.0845. The Morgan fingerprint density at radius 3 is 2.50 bits per heavy atom. The van der Waals surface area contributed by atoms with Crippen molar-refractivity contribution in [3.05, 3.63) is 90.5 Å². The van der Waals surface area contributed by atoms with Crippen molar-refractivity contribution in [1.82, 2.24) is 0 Å². The molecule has 2 heterocycles. The lowest BCUT2D eigenvalue weighted by atomic mass is 10.1. The number of carbonyl (C=O) groups excluding carboxylic acids is 1. The smallest absolute Gasteiger partial charge is 0.267 e. The summed E-state index contributed by atoms with van der Waals surface area (Å²) in [5.74, 6) is 0.393. The summed E-state index contributed by atoms with van der Waals surface area (Å²) in [6, 6.07) is 24.5. The molecule has 1 atom stereocenters. The molecule has 0 spiro atoms. The highest BCUT2D eigenvalue weighted by Crippen LogP contribution is 2.38. The number of benzene rings is 4. The van der Waals surface area contributed by atoms with Gasteiger partial charge in [0.1, 0.15) is 22.7 Å². The van der Waals surface area contributed by atoms with Gasteiger partial charge in [-0.05, 0) is 67.1 Å². The van der Waals surface area contributed by atoms with Gasteiger partial charge in [0, 0.05) is 22.5 Å². The monoisotopic (exact) mass is 528 g/mol. The van der Waals surface area contributed by atoms with Crippen LogP contribution in [0.5, 0.6) is 11.5 Å². The molecule has 0 saturated carbocycles. The molecular weight excluding hydrogens is 504 g/mol. The van der Waals surface area contributed by atoms with Gasteiger partial charge >= 0.3 is 0 Å². The number of ether oxygens (including phenoxy) is 2. The Hall–Kier alpha value is -4.50. The van der Waals surface area contributed by atoms with E-state index in [1.54, 1.807) is 36.4 Å². The van der Waals surface area contributed by atoms with E-state index in [4.69, 9.17) is 13.9 Å². The number of nitrogens with one attached hydrogen (secondary N) is 1. The molecule has 0 fully saturated rings. The van der Waals surface area contributed by atoms with Crippen molar-refractivity contribution in [2.75, 3.05) is 23.3 Å². The number of aryl methyl sites for hydroxylation is 1. The number of rotatable bonds is 5. The van der Waals surface area contributed by atoms with Crippen LogP contribution >= 0.6 is 0 Å². The molecule has 6 rings (SSSR count). The summed E-state index contributed by atoms with van der Waals surface area (Å²) < 4.78 is 45.7. The zero-order chi connectivity index (χ0) is 26.4. The van der Waals surface area contributed by atoms with Crippen molar-refractivity contribution in [1.29, 1.82) is 0 Å². The topological polar surface area (TPSA) is 98.1 Å². The molecule has 8 nitrogen and oxygen atoms in total. The first-order valence-electron chi connectivity index (χ1n) is 12.0. The van der Waals surface area contributed by atoms with Gasteiger partial charge in [0.05, 0.1) is 24.2 Å². The van der Waals surface area contributed by atoms with E-state index < -0.39 is 22.0 Å². The van der Waals surface area contributed by atoms with Gasteiger partial charge in [0.25, 0.3) is 15.9 Å². The molecule has 1 unspecified atom stereocenters. The predicted molar refractivity (Wildman–Crippen MR) is 145 cm³/mol. The second-order valence-electron chi connectivity index (χ2n) is 9.09. The zero-order valence-corrected chi connectivity index (χ0v) is 21.5. The molecule has 0 saturated heterocycles. The van der Waals surface area contributed by atoms with Gasteiger partial charge in [-0.15, -0.1) is 0 Å². The molecule has 9 heteroatoms. The third kappa shape index (κ3) is 4.10. The number of nitrogens with zero attached hydrogens (tertiary/aromatic N) is 1. The number of hydrogen-bond acceptors (Lipinski definition) is 6. The molecule has 1 amide bonds. The first kappa shape index (κ1) is 23.9. The SMILES string of the molecule is COc1ccc(S(=O)(=O)N2CC(C(=O)Nc3ccc4c(c3)oc3ccccc34)Oc3cc(C)ccc32)cc1. The van der Waals surface area contributed by atoms with Crippen molar-refractivity contribution in [2.45, 2.75) is 17.9 Å². The average molecular weight is 529 g/mol. The first-order valence-corrected chi connectivity index (χ1v) is 13.4. The van der Waals surface area contributed by atoms with Gasteiger partial charge in [-0.1, -0.05) is 24.3 Å². The van der Waals surface area contributed by atoms with Crippen molar-refractivity contribution in [3.8, 4) is 11.5 Å².